The van der Waals surface area contributed by atoms with E-state index in [2.05, 4.69) is 24.4 Å². The van der Waals surface area contributed by atoms with Crippen molar-refractivity contribution in [2.24, 2.45) is 0 Å². The van der Waals surface area contributed by atoms with Crippen LogP contribution in [-0.2, 0) is 28.2 Å². The zero-order valence-electron chi connectivity index (χ0n) is 13.8. The fourth-order valence-corrected chi connectivity index (χ4v) is 3.81. The Hall–Kier alpha value is -1.79. The third-order valence-corrected chi connectivity index (χ3v) is 5.61. The molecule has 24 heavy (non-hydrogen) atoms. The fourth-order valence-electron chi connectivity index (χ4n) is 2.11. The predicted octanol–water partition coefficient (Wildman–Crippen LogP) is 3.65. The molecule has 1 aromatic heterocycles. The van der Waals surface area contributed by atoms with Gasteiger partial charge < -0.3 is 10.1 Å². The van der Waals surface area contributed by atoms with E-state index in [0.29, 0.717) is 23.6 Å². The molecule has 0 fully saturated rings. The van der Waals surface area contributed by atoms with E-state index in [1.807, 2.05) is 12.1 Å². The highest BCUT2D eigenvalue weighted by molar-refractivity contribution is 7.99. The lowest BCUT2D eigenvalue weighted by Gasteiger charge is -2.05. The molecule has 0 saturated carbocycles. The van der Waals surface area contributed by atoms with Gasteiger partial charge in [-0.1, -0.05) is 19.1 Å². The highest BCUT2D eigenvalue weighted by Crippen LogP contribution is 2.17. The summed E-state index contributed by atoms with van der Waals surface area (Å²) in [5.74, 6) is 0.753. The number of amides is 1. The van der Waals surface area contributed by atoms with Gasteiger partial charge in [0.25, 0.3) is 0 Å². The molecule has 0 saturated heterocycles. The average molecular weight is 364 g/mol. The molecule has 0 radical (unpaired) electrons. The van der Waals surface area contributed by atoms with E-state index in [-0.39, 0.29) is 11.9 Å². The topological polar surface area (TPSA) is 55.4 Å². The Labute approximate surface area is 150 Å². The molecule has 0 aliphatic carbocycles. The minimum absolute atomic E-state index is 0.0237. The van der Waals surface area contributed by atoms with Gasteiger partial charge in [-0.3, -0.25) is 4.79 Å². The molecule has 2 aromatic rings. The maximum atomic E-state index is 11.9. The van der Waals surface area contributed by atoms with Crippen LogP contribution in [0.2, 0.25) is 0 Å². The van der Waals surface area contributed by atoms with Crippen LogP contribution in [0.1, 0.15) is 32.6 Å². The molecular weight excluding hydrogens is 342 g/mol. The van der Waals surface area contributed by atoms with E-state index in [1.165, 1.54) is 28.6 Å². The number of hydrogen-bond donors (Lipinski definition) is 1. The van der Waals surface area contributed by atoms with Crippen molar-refractivity contribution >= 4 is 35.0 Å². The number of aryl methyl sites for hydroxylation is 1. The molecule has 128 valence electrons. The number of carbonyl (C=O) groups is 2. The van der Waals surface area contributed by atoms with Crippen LogP contribution < -0.4 is 5.32 Å². The molecule has 0 unspecified atom stereocenters. The summed E-state index contributed by atoms with van der Waals surface area (Å²) < 4.78 is 4.71. The highest BCUT2D eigenvalue weighted by Gasteiger charge is 2.07. The summed E-state index contributed by atoms with van der Waals surface area (Å²) >= 11 is 3.26. The lowest BCUT2D eigenvalue weighted by atomic mass is 10.1. The molecule has 0 aliphatic rings. The van der Waals surface area contributed by atoms with Gasteiger partial charge in [0.1, 0.15) is 0 Å². The van der Waals surface area contributed by atoms with Crippen molar-refractivity contribution in [3.63, 3.8) is 0 Å². The van der Waals surface area contributed by atoms with Crippen LogP contribution in [0, 0.1) is 0 Å². The minimum atomic E-state index is -0.345. The van der Waals surface area contributed by atoms with Gasteiger partial charge in [-0.05, 0) is 36.2 Å². The number of carbonyl (C=O) groups excluding carboxylic acids is 2. The number of ether oxygens (including phenoxy) is 1. The molecule has 1 amide bonds. The van der Waals surface area contributed by atoms with Crippen molar-refractivity contribution in [2.75, 3.05) is 12.9 Å². The molecule has 1 heterocycles. The molecule has 1 aromatic carbocycles. The number of thioether (sulfide) groups is 1. The van der Waals surface area contributed by atoms with Crippen LogP contribution in [0.5, 0.6) is 0 Å². The molecular formula is C18H21NO3S2. The Bertz CT molecular complexity index is 697. The van der Waals surface area contributed by atoms with Crippen LogP contribution in [0.3, 0.4) is 0 Å². The highest BCUT2D eigenvalue weighted by atomic mass is 32.2. The van der Waals surface area contributed by atoms with Gasteiger partial charge in [0.2, 0.25) is 5.91 Å². The molecule has 2 rings (SSSR count). The summed E-state index contributed by atoms with van der Waals surface area (Å²) in [5, 5.41) is 2.94. The van der Waals surface area contributed by atoms with Crippen molar-refractivity contribution < 1.29 is 14.3 Å². The molecule has 0 bridgehead atoms. The van der Waals surface area contributed by atoms with Gasteiger partial charge in [0.05, 0.1) is 25.0 Å². The first kappa shape index (κ1) is 18.5. The maximum Gasteiger partial charge on any atom is 0.337 e. The molecule has 1 N–H and O–H groups in total. The quantitative estimate of drug-likeness (QED) is 0.728. The SMILES string of the molecule is CCc1ccc(CNC(=O)CSCc2cccc(C(=O)OC)c2)s1. The average Bonchev–Trinajstić information content (AvgIpc) is 3.07. The van der Waals surface area contributed by atoms with Crippen molar-refractivity contribution in [2.45, 2.75) is 25.6 Å². The second kappa shape index (κ2) is 9.49. The summed E-state index contributed by atoms with van der Waals surface area (Å²) in [4.78, 5) is 25.9. The van der Waals surface area contributed by atoms with Crippen LogP contribution in [0.4, 0.5) is 0 Å². The molecule has 4 nitrogen and oxygen atoms in total. The van der Waals surface area contributed by atoms with E-state index >= 15 is 0 Å². The Kier molecular flexibility index (Phi) is 7.34. The summed E-state index contributed by atoms with van der Waals surface area (Å²) in [7, 11) is 1.37. The monoisotopic (exact) mass is 363 g/mol. The van der Waals surface area contributed by atoms with Crippen molar-refractivity contribution in [3.05, 3.63) is 57.3 Å². The molecule has 0 aliphatic heterocycles. The first-order chi connectivity index (χ1) is 11.6. The summed E-state index contributed by atoms with van der Waals surface area (Å²) in [6.45, 7) is 2.71. The summed E-state index contributed by atoms with van der Waals surface area (Å²) in [6.07, 6.45) is 1.03. The second-order valence-corrected chi connectivity index (χ2v) is 7.42. The van der Waals surface area contributed by atoms with Crippen molar-refractivity contribution in [3.8, 4) is 0 Å². The first-order valence-corrected chi connectivity index (χ1v) is 9.68. The van der Waals surface area contributed by atoms with Gasteiger partial charge in [0.15, 0.2) is 0 Å². The molecule has 6 heteroatoms. The van der Waals surface area contributed by atoms with Gasteiger partial charge in [0, 0.05) is 15.5 Å². The Morgan fingerprint density at radius 3 is 2.71 bits per heavy atom. The smallest absolute Gasteiger partial charge is 0.337 e. The van der Waals surface area contributed by atoms with Gasteiger partial charge in [-0.15, -0.1) is 23.1 Å². The van der Waals surface area contributed by atoms with Crippen LogP contribution >= 0.6 is 23.1 Å². The van der Waals surface area contributed by atoms with Crippen molar-refractivity contribution in [1.82, 2.24) is 5.32 Å². The minimum Gasteiger partial charge on any atom is -0.465 e. The Balaban J connectivity index is 1.73. The molecule has 0 spiro atoms. The maximum absolute atomic E-state index is 11.9. The summed E-state index contributed by atoms with van der Waals surface area (Å²) in [5.41, 5.74) is 1.53. The van der Waals surface area contributed by atoms with E-state index in [1.54, 1.807) is 23.5 Å². The number of benzene rings is 1. The van der Waals surface area contributed by atoms with E-state index in [0.717, 1.165) is 12.0 Å². The van der Waals surface area contributed by atoms with Crippen LogP contribution in [0.15, 0.2) is 36.4 Å². The number of rotatable bonds is 8. The van der Waals surface area contributed by atoms with Crippen LogP contribution in [-0.4, -0.2) is 24.7 Å². The number of methoxy groups -OCH3 is 1. The van der Waals surface area contributed by atoms with E-state index in [9.17, 15) is 9.59 Å². The van der Waals surface area contributed by atoms with Gasteiger partial charge >= 0.3 is 5.97 Å². The zero-order valence-corrected chi connectivity index (χ0v) is 15.5. The second-order valence-electron chi connectivity index (χ2n) is 5.18. The molecule has 0 atom stereocenters. The summed E-state index contributed by atoms with van der Waals surface area (Å²) in [6, 6.07) is 11.5. The number of esters is 1. The third kappa shape index (κ3) is 5.69. The van der Waals surface area contributed by atoms with Crippen molar-refractivity contribution in [1.29, 1.82) is 0 Å². The number of thiophene rings is 1. The normalized spacial score (nSPS) is 10.4. The van der Waals surface area contributed by atoms with Gasteiger partial charge in [-0.25, -0.2) is 4.79 Å². The number of nitrogens with one attached hydrogen (secondary N) is 1. The predicted molar refractivity (Wildman–Crippen MR) is 99.5 cm³/mol. The standard InChI is InChI=1S/C18H21NO3S2/c1-3-15-7-8-16(24-15)10-19-17(20)12-23-11-13-5-4-6-14(9-13)18(21)22-2/h4-9H,3,10-12H2,1-2H3,(H,19,20). The third-order valence-electron chi connectivity index (χ3n) is 3.38. The lowest BCUT2D eigenvalue weighted by molar-refractivity contribution is -0.118. The van der Waals surface area contributed by atoms with E-state index in [4.69, 9.17) is 4.74 Å². The fraction of sp³-hybridized carbons (Fsp3) is 0.333. The lowest BCUT2D eigenvalue weighted by Crippen LogP contribution is -2.24. The zero-order chi connectivity index (χ0) is 17.4. The Morgan fingerprint density at radius 2 is 2.00 bits per heavy atom. The van der Waals surface area contributed by atoms with Gasteiger partial charge in [-0.2, -0.15) is 0 Å². The largest absolute Gasteiger partial charge is 0.465 e. The van der Waals surface area contributed by atoms with Crippen LogP contribution in [0.25, 0.3) is 0 Å². The Morgan fingerprint density at radius 1 is 1.21 bits per heavy atom. The van der Waals surface area contributed by atoms with E-state index < -0.39 is 0 Å². The number of hydrogen-bond acceptors (Lipinski definition) is 5. The first-order valence-electron chi connectivity index (χ1n) is 7.71.